The maximum absolute atomic E-state index is 13.7. The molecule has 4 N–H and O–H groups in total. The minimum absolute atomic E-state index is 0.109. The molecule has 2 aliphatic carbocycles. The van der Waals surface area contributed by atoms with E-state index in [9.17, 15) is 18.4 Å². The van der Waals surface area contributed by atoms with Crippen molar-refractivity contribution in [3.63, 3.8) is 0 Å². The molecule has 3 aromatic heterocycles. The lowest BCUT2D eigenvalue weighted by molar-refractivity contribution is -0.132. The molecule has 7 rings (SSSR count). The number of amides is 1. The van der Waals surface area contributed by atoms with Crippen LogP contribution in [-0.2, 0) is 23.3 Å². The molecule has 0 unspecified atom stereocenters. The highest BCUT2D eigenvalue weighted by Gasteiger charge is 2.47. The van der Waals surface area contributed by atoms with Gasteiger partial charge in [0.15, 0.2) is 11.9 Å². The van der Waals surface area contributed by atoms with E-state index < -0.39 is 22.8 Å². The van der Waals surface area contributed by atoms with Crippen LogP contribution in [0, 0.1) is 23.0 Å². The van der Waals surface area contributed by atoms with Gasteiger partial charge in [-0.3, -0.25) is 24.5 Å². The monoisotopic (exact) mass is 653 g/mol. The number of benzene rings is 1. The van der Waals surface area contributed by atoms with Gasteiger partial charge < -0.3 is 21.2 Å². The van der Waals surface area contributed by atoms with Crippen LogP contribution in [0.1, 0.15) is 72.5 Å². The summed E-state index contributed by atoms with van der Waals surface area (Å²) < 4.78 is 33.4. The number of anilines is 2. The summed E-state index contributed by atoms with van der Waals surface area (Å²) in [5, 5.41) is 12.0. The largest absolute Gasteiger partial charge is 0.476 e. The summed E-state index contributed by atoms with van der Waals surface area (Å²) in [5.41, 5.74) is 7.05. The average Bonchev–Trinajstić information content (AvgIpc) is 4.03. The summed E-state index contributed by atoms with van der Waals surface area (Å²) in [6.07, 6.45) is 8.53. The summed E-state index contributed by atoms with van der Waals surface area (Å²) in [6.45, 7) is 3.46. The fourth-order valence-corrected chi connectivity index (χ4v) is 6.09. The minimum atomic E-state index is -1.22. The molecule has 4 aromatic rings. The molecule has 48 heavy (non-hydrogen) atoms. The third-order valence-corrected chi connectivity index (χ3v) is 8.89. The van der Waals surface area contributed by atoms with Crippen molar-refractivity contribution in [2.24, 2.45) is 11.7 Å². The lowest BCUT2D eigenvalue weighted by Gasteiger charge is -2.39. The molecule has 1 aromatic carbocycles. The lowest BCUT2D eigenvalue weighted by atomic mass is 9.91. The Hall–Kier alpha value is -5.10. The number of fused-ring (bicyclic) bond motifs is 1. The summed E-state index contributed by atoms with van der Waals surface area (Å²) in [7, 11) is 1.50. The van der Waals surface area contributed by atoms with Gasteiger partial charge in [-0.05, 0) is 101 Å². The summed E-state index contributed by atoms with van der Waals surface area (Å²) in [4.78, 5) is 41.2. The Morgan fingerprint density at radius 3 is 2.33 bits per heavy atom. The molecule has 248 valence electrons. The van der Waals surface area contributed by atoms with Gasteiger partial charge in [0, 0.05) is 22.9 Å². The average molecular weight is 654 g/mol. The molecule has 0 saturated heterocycles. The van der Waals surface area contributed by atoms with E-state index in [0.717, 1.165) is 38.2 Å². The number of hydrogen-bond acceptors (Lipinski definition) is 9. The van der Waals surface area contributed by atoms with Gasteiger partial charge in [0.2, 0.25) is 0 Å². The first-order chi connectivity index (χ1) is 23.1. The topological polar surface area (TPSA) is 147 Å². The standard InChI is InChI=1S/C35H32F2N6O3.CH5N/c1-34(2)33(45)43(18-24-8-6-22(36)16-39-24)28-9-5-21(14-29(28)46-34)31-25(15-38)32(41-27(26(31)19-44)13-20-3-4-20)42-35(11-12-35)30-10-7-23(37)17-40-30;1-2/h5-10,14-17,19-20,38H,3-4,11-13,18H2,1-2H3,(H,41,42);2H2,1H3. The van der Waals surface area contributed by atoms with Crippen LogP contribution in [0.4, 0.5) is 20.3 Å². The van der Waals surface area contributed by atoms with Crippen LogP contribution >= 0.6 is 0 Å². The lowest BCUT2D eigenvalue weighted by Crippen LogP contribution is -2.52. The number of halogens is 2. The smallest absolute Gasteiger partial charge is 0.271 e. The van der Waals surface area contributed by atoms with Crippen LogP contribution in [0.25, 0.3) is 11.1 Å². The number of nitrogens with two attached hydrogens (primary N) is 1. The number of ether oxygens (including phenoxy) is 1. The highest BCUT2D eigenvalue weighted by Crippen LogP contribution is 2.49. The van der Waals surface area contributed by atoms with Gasteiger partial charge in [-0.1, -0.05) is 6.07 Å². The molecule has 1 amide bonds. The molecule has 4 heterocycles. The van der Waals surface area contributed by atoms with Crippen molar-refractivity contribution >= 4 is 29.9 Å². The number of hydrogen-bond donors (Lipinski definition) is 3. The van der Waals surface area contributed by atoms with Gasteiger partial charge in [0.05, 0.1) is 47.2 Å². The van der Waals surface area contributed by atoms with E-state index in [4.69, 9.17) is 15.1 Å². The molecule has 1 aliphatic heterocycles. The molecule has 2 saturated carbocycles. The zero-order valence-electron chi connectivity index (χ0n) is 27.0. The van der Waals surface area contributed by atoms with Gasteiger partial charge >= 0.3 is 0 Å². The van der Waals surface area contributed by atoms with Gasteiger partial charge in [0.25, 0.3) is 5.91 Å². The number of aldehydes is 1. The quantitative estimate of drug-likeness (QED) is 0.140. The van der Waals surface area contributed by atoms with Crippen LogP contribution in [0.2, 0.25) is 0 Å². The van der Waals surface area contributed by atoms with Crippen LogP contribution in [0.5, 0.6) is 5.75 Å². The van der Waals surface area contributed by atoms with Crippen molar-refractivity contribution < 1.29 is 23.1 Å². The first-order valence-electron chi connectivity index (χ1n) is 15.9. The van der Waals surface area contributed by atoms with Crippen LogP contribution in [-0.4, -0.2) is 46.0 Å². The van der Waals surface area contributed by atoms with Crippen LogP contribution in [0.3, 0.4) is 0 Å². The Morgan fingerprint density at radius 1 is 1.04 bits per heavy atom. The van der Waals surface area contributed by atoms with E-state index >= 15 is 0 Å². The van der Waals surface area contributed by atoms with E-state index in [1.165, 1.54) is 37.7 Å². The second-order valence-electron chi connectivity index (χ2n) is 12.7. The molecule has 0 bridgehead atoms. The number of aromatic nitrogens is 3. The van der Waals surface area contributed by atoms with Crippen molar-refractivity contribution in [3.05, 3.63) is 94.7 Å². The molecule has 0 atom stereocenters. The van der Waals surface area contributed by atoms with Crippen molar-refractivity contribution in [2.45, 2.75) is 63.6 Å². The number of carbonyl (C=O) groups is 2. The van der Waals surface area contributed by atoms with Crippen LogP contribution < -0.4 is 20.7 Å². The van der Waals surface area contributed by atoms with Crippen molar-refractivity contribution in [1.82, 2.24) is 15.0 Å². The molecule has 0 radical (unpaired) electrons. The summed E-state index contributed by atoms with van der Waals surface area (Å²) >= 11 is 0. The fraction of sp³-hybridized carbons (Fsp3) is 0.333. The van der Waals surface area contributed by atoms with E-state index in [-0.39, 0.29) is 12.5 Å². The Kier molecular flexibility index (Phi) is 8.78. The first-order valence-corrected chi connectivity index (χ1v) is 15.9. The number of rotatable bonds is 10. The highest BCUT2D eigenvalue weighted by atomic mass is 19.1. The predicted octanol–water partition coefficient (Wildman–Crippen LogP) is 5.96. The number of nitrogens with one attached hydrogen (secondary N) is 2. The van der Waals surface area contributed by atoms with Crippen molar-refractivity contribution in [3.8, 4) is 16.9 Å². The van der Waals surface area contributed by atoms with E-state index in [0.29, 0.717) is 68.9 Å². The van der Waals surface area contributed by atoms with Gasteiger partial charge in [0.1, 0.15) is 23.2 Å². The third-order valence-electron chi connectivity index (χ3n) is 8.89. The summed E-state index contributed by atoms with van der Waals surface area (Å²) in [6, 6.07) is 11.2. The third kappa shape index (κ3) is 6.27. The van der Waals surface area contributed by atoms with Crippen molar-refractivity contribution in [1.29, 1.82) is 5.41 Å². The Bertz CT molecular complexity index is 1870. The second kappa shape index (κ2) is 12.8. The molecular weight excluding hydrogens is 616 g/mol. The zero-order chi connectivity index (χ0) is 34.2. The molecule has 0 spiro atoms. The molecule has 12 heteroatoms. The van der Waals surface area contributed by atoms with E-state index in [2.05, 4.69) is 21.0 Å². The summed E-state index contributed by atoms with van der Waals surface area (Å²) in [5.74, 6) is 0.130. The number of nitrogens with zero attached hydrogens (tertiary/aromatic N) is 4. The molecule has 2 fully saturated rings. The highest BCUT2D eigenvalue weighted by molar-refractivity contribution is 6.05. The maximum atomic E-state index is 13.7. The molecule has 10 nitrogen and oxygen atoms in total. The van der Waals surface area contributed by atoms with Gasteiger partial charge in [-0.15, -0.1) is 0 Å². The van der Waals surface area contributed by atoms with E-state index in [1.54, 1.807) is 43.0 Å². The molecule has 3 aliphatic rings. The Balaban J connectivity index is 0.00000197. The Morgan fingerprint density at radius 2 is 1.75 bits per heavy atom. The fourth-order valence-electron chi connectivity index (χ4n) is 6.09. The SMILES string of the molecule is CC1(C)Oc2cc(-c3c(C=O)c(CC4CC4)nc(NC4(c5ccc(F)cn5)CC4)c3C=N)ccc2N(Cc2ccc(F)cn2)C1=O.CN. The van der Waals surface area contributed by atoms with Crippen LogP contribution in [0.15, 0.2) is 54.9 Å². The number of pyridine rings is 3. The number of carbonyl (C=O) groups excluding carboxylic acids is 2. The van der Waals surface area contributed by atoms with Crippen molar-refractivity contribution in [2.75, 3.05) is 17.3 Å². The molecular formula is C36H37F2N7O3. The van der Waals surface area contributed by atoms with Gasteiger partial charge in [-0.25, -0.2) is 13.8 Å². The zero-order valence-corrected chi connectivity index (χ0v) is 27.0. The van der Waals surface area contributed by atoms with E-state index in [1.807, 2.05) is 0 Å². The first kappa shape index (κ1) is 32.8. The Labute approximate surface area is 277 Å². The second-order valence-corrected chi connectivity index (χ2v) is 12.7. The van der Waals surface area contributed by atoms with Gasteiger partial charge in [-0.2, -0.15) is 0 Å². The maximum Gasteiger partial charge on any atom is 0.271 e. The minimum Gasteiger partial charge on any atom is -0.476 e. The predicted molar refractivity (Wildman–Crippen MR) is 178 cm³/mol. The normalized spacial score (nSPS) is 17.0.